The molecule has 0 amide bonds. The van der Waals surface area contributed by atoms with E-state index in [2.05, 4.69) is 9.97 Å². The number of benzene rings is 1. The summed E-state index contributed by atoms with van der Waals surface area (Å²) in [5.41, 5.74) is 9.02. The summed E-state index contributed by atoms with van der Waals surface area (Å²) in [6.07, 6.45) is 2.65. The van der Waals surface area contributed by atoms with Crippen molar-refractivity contribution in [1.82, 2.24) is 9.97 Å². The fraction of sp³-hybridized carbons (Fsp3) is 0.200. The number of nitrogen functional groups attached to an aromatic ring is 1. The molecule has 0 radical (unpaired) electrons. The molecule has 2 aromatic heterocycles. The molecule has 20 heavy (non-hydrogen) atoms. The van der Waals surface area contributed by atoms with Gasteiger partial charge >= 0.3 is 0 Å². The monoisotopic (exact) mass is 268 g/mol. The Labute approximate surface area is 117 Å². The average Bonchev–Trinajstić information content (AvgIpc) is 2.89. The zero-order valence-corrected chi connectivity index (χ0v) is 11.3. The third kappa shape index (κ3) is 2.56. The van der Waals surface area contributed by atoms with E-state index in [0.717, 1.165) is 29.8 Å². The largest absolute Gasteiger partial charge is 0.423 e. The molecule has 0 saturated heterocycles. The van der Waals surface area contributed by atoms with Crippen LogP contribution in [0.2, 0.25) is 0 Å². The molecule has 2 heterocycles. The van der Waals surface area contributed by atoms with Gasteiger partial charge in [0.1, 0.15) is 5.52 Å². The number of anilines is 2. The standard InChI is InChI=1S/C15H16N4O/c1-19(9-7-12-4-2-3-8-17-12)15-18-13-10-11(16)5-6-14(13)20-15/h2-6,8,10H,7,9,16H2,1H3. The van der Waals surface area contributed by atoms with Crippen molar-refractivity contribution in [2.24, 2.45) is 0 Å². The van der Waals surface area contributed by atoms with Crippen molar-refractivity contribution < 1.29 is 4.42 Å². The van der Waals surface area contributed by atoms with E-state index >= 15 is 0 Å². The maximum absolute atomic E-state index is 5.74. The van der Waals surface area contributed by atoms with Gasteiger partial charge in [0.05, 0.1) is 0 Å². The van der Waals surface area contributed by atoms with E-state index in [9.17, 15) is 0 Å². The lowest BCUT2D eigenvalue weighted by molar-refractivity contribution is 0.582. The Morgan fingerprint density at radius 3 is 2.95 bits per heavy atom. The van der Waals surface area contributed by atoms with Crippen LogP contribution in [0.4, 0.5) is 11.7 Å². The van der Waals surface area contributed by atoms with Gasteiger partial charge in [0.25, 0.3) is 6.01 Å². The van der Waals surface area contributed by atoms with E-state index in [1.807, 2.05) is 48.3 Å². The van der Waals surface area contributed by atoms with Crippen molar-refractivity contribution in [3.8, 4) is 0 Å². The highest BCUT2D eigenvalue weighted by atomic mass is 16.4. The highest BCUT2D eigenvalue weighted by Crippen LogP contribution is 2.22. The minimum absolute atomic E-state index is 0.599. The summed E-state index contributed by atoms with van der Waals surface area (Å²) in [6, 6.07) is 12.0. The van der Waals surface area contributed by atoms with Gasteiger partial charge in [-0.15, -0.1) is 0 Å². The Balaban J connectivity index is 1.73. The van der Waals surface area contributed by atoms with Gasteiger partial charge in [0.15, 0.2) is 5.58 Å². The van der Waals surface area contributed by atoms with Crippen LogP contribution in [-0.2, 0) is 6.42 Å². The number of likely N-dealkylation sites (N-methyl/N-ethyl adjacent to an activating group) is 1. The van der Waals surface area contributed by atoms with Crippen LogP contribution in [0.15, 0.2) is 47.0 Å². The Kier molecular flexibility index (Phi) is 3.25. The molecule has 5 nitrogen and oxygen atoms in total. The topological polar surface area (TPSA) is 68.2 Å². The highest BCUT2D eigenvalue weighted by Gasteiger charge is 2.10. The predicted molar refractivity (Wildman–Crippen MR) is 79.6 cm³/mol. The molecular weight excluding hydrogens is 252 g/mol. The van der Waals surface area contributed by atoms with Gasteiger partial charge in [0, 0.05) is 37.6 Å². The number of oxazole rings is 1. The van der Waals surface area contributed by atoms with Crippen molar-refractivity contribution in [1.29, 1.82) is 0 Å². The lowest BCUT2D eigenvalue weighted by Crippen LogP contribution is -2.20. The van der Waals surface area contributed by atoms with Crippen LogP contribution in [0.25, 0.3) is 11.1 Å². The van der Waals surface area contributed by atoms with Crippen LogP contribution < -0.4 is 10.6 Å². The maximum atomic E-state index is 5.74. The number of rotatable bonds is 4. The van der Waals surface area contributed by atoms with Crippen LogP contribution in [-0.4, -0.2) is 23.6 Å². The fourth-order valence-electron chi connectivity index (χ4n) is 2.02. The van der Waals surface area contributed by atoms with Gasteiger partial charge in [0.2, 0.25) is 0 Å². The molecule has 0 aliphatic heterocycles. The molecule has 3 rings (SSSR count). The molecule has 0 aliphatic rings. The summed E-state index contributed by atoms with van der Waals surface area (Å²) >= 11 is 0. The second-order valence-electron chi connectivity index (χ2n) is 4.72. The molecule has 0 aliphatic carbocycles. The number of hydrogen-bond donors (Lipinski definition) is 1. The van der Waals surface area contributed by atoms with Gasteiger partial charge < -0.3 is 15.1 Å². The minimum atomic E-state index is 0.599. The van der Waals surface area contributed by atoms with Crippen molar-refractivity contribution >= 4 is 22.8 Å². The zero-order chi connectivity index (χ0) is 13.9. The van der Waals surface area contributed by atoms with Crippen LogP contribution in [0.3, 0.4) is 0 Å². The average molecular weight is 268 g/mol. The number of nitrogens with two attached hydrogens (primary N) is 1. The van der Waals surface area contributed by atoms with E-state index < -0.39 is 0 Å². The number of hydrogen-bond acceptors (Lipinski definition) is 5. The second kappa shape index (κ2) is 5.21. The van der Waals surface area contributed by atoms with Crippen molar-refractivity contribution in [3.63, 3.8) is 0 Å². The molecular formula is C15H16N4O. The molecule has 3 aromatic rings. The molecule has 0 spiro atoms. The summed E-state index contributed by atoms with van der Waals surface area (Å²) in [4.78, 5) is 10.7. The SMILES string of the molecule is CN(CCc1ccccn1)c1nc2cc(N)ccc2o1. The number of nitrogens with zero attached hydrogens (tertiary/aromatic N) is 3. The molecule has 102 valence electrons. The first-order chi connectivity index (χ1) is 9.72. The molecule has 0 saturated carbocycles. The van der Waals surface area contributed by atoms with Crippen molar-refractivity contribution in [2.45, 2.75) is 6.42 Å². The highest BCUT2D eigenvalue weighted by molar-refractivity contribution is 5.78. The van der Waals surface area contributed by atoms with E-state index in [4.69, 9.17) is 10.2 Å². The molecule has 0 bridgehead atoms. The van der Waals surface area contributed by atoms with E-state index in [1.54, 1.807) is 6.20 Å². The summed E-state index contributed by atoms with van der Waals surface area (Å²) in [5.74, 6) is 0. The normalized spacial score (nSPS) is 10.8. The number of aromatic nitrogens is 2. The Morgan fingerprint density at radius 2 is 2.15 bits per heavy atom. The lowest BCUT2D eigenvalue weighted by Gasteiger charge is -2.13. The molecule has 1 aromatic carbocycles. The summed E-state index contributed by atoms with van der Waals surface area (Å²) < 4.78 is 5.71. The third-order valence-corrected chi connectivity index (χ3v) is 3.16. The zero-order valence-electron chi connectivity index (χ0n) is 11.3. The van der Waals surface area contributed by atoms with Gasteiger partial charge in [-0.05, 0) is 30.3 Å². The quantitative estimate of drug-likeness (QED) is 0.736. The van der Waals surface area contributed by atoms with Crippen LogP contribution >= 0.6 is 0 Å². The first kappa shape index (κ1) is 12.5. The summed E-state index contributed by atoms with van der Waals surface area (Å²) in [7, 11) is 1.96. The smallest absolute Gasteiger partial charge is 0.298 e. The Hall–Kier alpha value is -2.56. The van der Waals surface area contributed by atoms with Gasteiger partial charge in [-0.2, -0.15) is 4.98 Å². The van der Waals surface area contributed by atoms with Gasteiger partial charge in [-0.1, -0.05) is 6.07 Å². The van der Waals surface area contributed by atoms with E-state index in [1.165, 1.54) is 0 Å². The van der Waals surface area contributed by atoms with Crippen molar-refractivity contribution in [2.75, 3.05) is 24.2 Å². The Bertz CT molecular complexity index is 708. The summed E-state index contributed by atoms with van der Waals surface area (Å²) in [6.45, 7) is 0.791. The molecule has 0 fully saturated rings. The minimum Gasteiger partial charge on any atom is -0.423 e. The van der Waals surface area contributed by atoms with Crippen LogP contribution in [0.1, 0.15) is 5.69 Å². The lowest BCUT2D eigenvalue weighted by atomic mass is 10.2. The van der Waals surface area contributed by atoms with Crippen molar-refractivity contribution in [3.05, 3.63) is 48.3 Å². The fourth-order valence-corrected chi connectivity index (χ4v) is 2.02. The number of pyridine rings is 1. The van der Waals surface area contributed by atoms with E-state index in [0.29, 0.717) is 11.7 Å². The van der Waals surface area contributed by atoms with E-state index in [-0.39, 0.29) is 0 Å². The first-order valence-electron chi connectivity index (χ1n) is 6.49. The second-order valence-corrected chi connectivity index (χ2v) is 4.72. The first-order valence-corrected chi connectivity index (χ1v) is 6.49. The molecule has 5 heteroatoms. The van der Waals surface area contributed by atoms with Crippen LogP contribution in [0.5, 0.6) is 0 Å². The number of fused-ring (bicyclic) bond motifs is 1. The molecule has 2 N–H and O–H groups in total. The maximum Gasteiger partial charge on any atom is 0.298 e. The van der Waals surface area contributed by atoms with Gasteiger partial charge in [-0.25, -0.2) is 0 Å². The van der Waals surface area contributed by atoms with Crippen LogP contribution in [0, 0.1) is 0 Å². The van der Waals surface area contributed by atoms with Gasteiger partial charge in [-0.3, -0.25) is 4.98 Å². The molecule has 0 atom stereocenters. The Morgan fingerprint density at radius 1 is 1.25 bits per heavy atom. The third-order valence-electron chi connectivity index (χ3n) is 3.16. The molecule has 0 unspecified atom stereocenters. The predicted octanol–water partition coefficient (Wildman–Crippen LogP) is 2.48. The summed E-state index contributed by atoms with van der Waals surface area (Å²) in [5, 5.41) is 0.